The molecule has 0 aliphatic heterocycles. The Morgan fingerprint density at radius 2 is 1.65 bits per heavy atom. The number of aryl methyl sites for hydroxylation is 1. The van der Waals surface area contributed by atoms with Crippen LogP contribution in [0, 0.1) is 12.7 Å². The molecular formula is C30H27FN2O4. The lowest BCUT2D eigenvalue weighted by Gasteiger charge is -2.27. The second-order valence-corrected chi connectivity index (χ2v) is 8.80. The lowest BCUT2D eigenvalue weighted by Crippen LogP contribution is -2.43. The number of carbonyl (C=O) groups is 2. The van der Waals surface area contributed by atoms with Gasteiger partial charge in [-0.25, -0.2) is 4.39 Å². The highest BCUT2D eigenvalue weighted by molar-refractivity contribution is 5.96. The standard InChI is InChI=1S/C30H27FN2O4/c1-3-16-32(30(36)23-12-8-21(2)9-13-23)19-28(34)33(17-22-10-14-25(31)15-11-22)18-24-20-37-27-7-5-4-6-26(27)29(24)35/h3-15,20H,1,16-19H2,2H3. The number of carbonyl (C=O) groups excluding carboxylic acids is 2. The Hall–Kier alpha value is -4.52. The van der Waals surface area contributed by atoms with Gasteiger partial charge in [-0.05, 0) is 48.9 Å². The third-order valence-electron chi connectivity index (χ3n) is 6.01. The van der Waals surface area contributed by atoms with Gasteiger partial charge in [-0.2, -0.15) is 0 Å². The van der Waals surface area contributed by atoms with E-state index in [9.17, 15) is 18.8 Å². The molecule has 0 atom stereocenters. The van der Waals surface area contributed by atoms with Crippen molar-refractivity contribution in [2.75, 3.05) is 13.1 Å². The van der Waals surface area contributed by atoms with Crippen LogP contribution in [-0.2, 0) is 17.9 Å². The Morgan fingerprint density at radius 1 is 0.946 bits per heavy atom. The summed E-state index contributed by atoms with van der Waals surface area (Å²) in [6.07, 6.45) is 2.91. The summed E-state index contributed by atoms with van der Waals surface area (Å²) in [6, 6.07) is 19.8. The topological polar surface area (TPSA) is 70.8 Å². The van der Waals surface area contributed by atoms with E-state index >= 15 is 0 Å². The molecule has 6 nitrogen and oxygen atoms in total. The van der Waals surface area contributed by atoms with E-state index in [0.717, 1.165) is 5.56 Å². The Kier molecular flexibility index (Phi) is 7.93. The molecule has 7 heteroatoms. The summed E-state index contributed by atoms with van der Waals surface area (Å²) in [5.74, 6) is -1.07. The molecule has 0 fully saturated rings. The molecule has 0 saturated heterocycles. The average Bonchev–Trinajstić information content (AvgIpc) is 2.91. The van der Waals surface area contributed by atoms with Crippen molar-refractivity contribution in [1.29, 1.82) is 0 Å². The lowest BCUT2D eigenvalue weighted by molar-refractivity contribution is -0.133. The molecule has 37 heavy (non-hydrogen) atoms. The van der Waals surface area contributed by atoms with E-state index in [4.69, 9.17) is 4.42 Å². The van der Waals surface area contributed by atoms with Crippen LogP contribution in [0.4, 0.5) is 4.39 Å². The minimum absolute atomic E-state index is 0.0377. The van der Waals surface area contributed by atoms with Crippen LogP contribution in [0.25, 0.3) is 11.0 Å². The molecule has 3 aromatic carbocycles. The number of para-hydroxylation sites is 1. The smallest absolute Gasteiger partial charge is 0.254 e. The summed E-state index contributed by atoms with van der Waals surface area (Å²) in [7, 11) is 0. The van der Waals surface area contributed by atoms with Gasteiger partial charge in [0.15, 0.2) is 5.43 Å². The molecule has 188 valence electrons. The molecule has 0 aliphatic rings. The van der Waals surface area contributed by atoms with Gasteiger partial charge in [-0.1, -0.05) is 48.0 Å². The van der Waals surface area contributed by atoms with Crippen molar-refractivity contribution in [2.24, 2.45) is 0 Å². The second kappa shape index (κ2) is 11.5. The van der Waals surface area contributed by atoms with Crippen molar-refractivity contribution in [3.05, 3.63) is 130 Å². The van der Waals surface area contributed by atoms with Crippen LogP contribution in [0.15, 0.2) is 101 Å². The SMILES string of the molecule is C=CCN(CC(=O)N(Cc1ccc(F)cc1)Cc1coc2ccccc2c1=O)C(=O)c1ccc(C)cc1. The predicted molar refractivity (Wildman–Crippen MR) is 140 cm³/mol. The van der Waals surface area contributed by atoms with Crippen molar-refractivity contribution >= 4 is 22.8 Å². The third-order valence-corrected chi connectivity index (χ3v) is 6.01. The zero-order valence-corrected chi connectivity index (χ0v) is 20.5. The first-order valence-electron chi connectivity index (χ1n) is 11.8. The minimum Gasteiger partial charge on any atom is -0.464 e. The first-order valence-corrected chi connectivity index (χ1v) is 11.8. The number of hydrogen-bond acceptors (Lipinski definition) is 4. The Balaban J connectivity index is 1.62. The van der Waals surface area contributed by atoms with Crippen LogP contribution < -0.4 is 5.43 Å². The van der Waals surface area contributed by atoms with Crippen molar-refractivity contribution in [3.8, 4) is 0 Å². The highest BCUT2D eigenvalue weighted by Crippen LogP contribution is 2.15. The number of nitrogens with zero attached hydrogens (tertiary/aromatic N) is 2. The first kappa shape index (κ1) is 25.6. The number of benzene rings is 3. The average molecular weight is 499 g/mol. The fourth-order valence-corrected chi connectivity index (χ4v) is 3.99. The van der Waals surface area contributed by atoms with Gasteiger partial charge in [0, 0.05) is 18.7 Å². The molecule has 1 aromatic heterocycles. The Morgan fingerprint density at radius 3 is 2.35 bits per heavy atom. The van der Waals surface area contributed by atoms with Gasteiger partial charge in [0.05, 0.1) is 23.8 Å². The second-order valence-electron chi connectivity index (χ2n) is 8.80. The van der Waals surface area contributed by atoms with E-state index in [0.29, 0.717) is 27.7 Å². The maximum absolute atomic E-state index is 13.6. The van der Waals surface area contributed by atoms with E-state index < -0.39 is 5.82 Å². The number of halogens is 1. The summed E-state index contributed by atoms with van der Waals surface area (Å²) in [5, 5.41) is 0.414. The van der Waals surface area contributed by atoms with Gasteiger partial charge in [-0.3, -0.25) is 14.4 Å². The van der Waals surface area contributed by atoms with Crippen LogP contribution in [0.3, 0.4) is 0 Å². The van der Waals surface area contributed by atoms with E-state index in [1.54, 1.807) is 54.6 Å². The number of rotatable bonds is 9. The molecule has 0 unspecified atom stereocenters. The van der Waals surface area contributed by atoms with Crippen molar-refractivity contribution in [1.82, 2.24) is 9.80 Å². The molecule has 2 amide bonds. The molecule has 0 N–H and O–H groups in total. The normalized spacial score (nSPS) is 10.8. The zero-order valence-electron chi connectivity index (χ0n) is 20.5. The molecule has 4 aromatic rings. The maximum Gasteiger partial charge on any atom is 0.254 e. The zero-order chi connectivity index (χ0) is 26.4. The van der Waals surface area contributed by atoms with Crippen molar-refractivity contribution in [2.45, 2.75) is 20.0 Å². The monoisotopic (exact) mass is 498 g/mol. The van der Waals surface area contributed by atoms with E-state index in [2.05, 4.69) is 6.58 Å². The van der Waals surface area contributed by atoms with Gasteiger partial charge in [-0.15, -0.1) is 6.58 Å². The van der Waals surface area contributed by atoms with Gasteiger partial charge < -0.3 is 14.2 Å². The Bertz CT molecular complexity index is 1480. The summed E-state index contributed by atoms with van der Waals surface area (Å²) in [4.78, 5) is 42.7. The van der Waals surface area contributed by atoms with Crippen LogP contribution in [0.2, 0.25) is 0 Å². The highest BCUT2D eigenvalue weighted by Gasteiger charge is 2.23. The van der Waals surface area contributed by atoms with Gasteiger partial charge in [0.25, 0.3) is 5.91 Å². The predicted octanol–water partition coefficient (Wildman–Crippen LogP) is 5.10. The van der Waals surface area contributed by atoms with Crippen molar-refractivity contribution < 1.29 is 18.4 Å². The largest absolute Gasteiger partial charge is 0.464 e. The first-order chi connectivity index (χ1) is 17.9. The van der Waals surface area contributed by atoms with Crippen molar-refractivity contribution in [3.63, 3.8) is 0 Å². The molecule has 0 aliphatic carbocycles. The Labute approximate surface area is 214 Å². The van der Waals surface area contributed by atoms with E-state index in [1.165, 1.54) is 28.2 Å². The molecule has 0 saturated carbocycles. The third kappa shape index (κ3) is 6.19. The van der Waals surface area contributed by atoms with E-state index in [1.807, 2.05) is 19.1 Å². The van der Waals surface area contributed by atoms with Gasteiger partial charge >= 0.3 is 0 Å². The molecular weight excluding hydrogens is 471 g/mol. The lowest BCUT2D eigenvalue weighted by atomic mass is 10.1. The van der Waals surface area contributed by atoms with Crippen LogP contribution in [0.1, 0.15) is 27.0 Å². The highest BCUT2D eigenvalue weighted by atomic mass is 19.1. The van der Waals surface area contributed by atoms with Crippen LogP contribution >= 0.6 is 0 Å². The molecule has 0 radical (unpaired) electrons. The molecule has 1 heterocycles. The molecule has 0 bridgehead atoms. The molecule has 0 spiro atoms. The number of amides is 2. The quantitative estimate of drug-likeness (QED) is 0.301. The minimum atomic E-state index is -0.391. The van der Waals surface area contributed by atoms with E-state index in [-0.39, 0.29) is 43.4 Å². The van der Waals surface area contributed by atoms with Gasteiger partial charge in [0.1, 0.15) is 17.9 Å². The summed E-state index contributed by atoms with van der Waals surface area (Å²) in [5.41, 5.74) is 2.67. The fourth-order valence-electron chi connectivity index (χ4n) is 3.99. The summed E-state index contributed by atoms with van der Waals surface area (Å²) in [6.45, 7) is 5.67. The van der Waals surface area contributed by atoms with Gasteiger partial charge in [0.2, 0.25) is 5.91 Å². The van der Waals surface area contributed by atoms with Crippen LogP contribution in [-0.4, -0.2) is 34.7 Å². The fraction of sp³-hybridized carbons (Fsp3) is 0.167. The number of fused-ring (bicyclic) bond motifs is 1. The summed E-state index contributed by atoms with van der Waals surface area (Å²) < 4.78 is 19.1. The maximum atomic E-state index is 13.6. The number of hydrogen-bond donors (Lipinski definition) is 0. The molecule has 4 rings (SSSR count). The van der Waals surface area contributed by atoms with Crippen LogP contribution in [0.5, 0.6) is 0 Å². The summed E-state index contributed by atoms with van der Waals surface area (Å²) >= 11 is 0.